The van der Waals surface area contributed by atoms with Crippen LogP contribution in [0.15, 0.2) is 3.50 Å². The number of carbonyl (C=O) groups excluding carboxylic acids is 1. The molecule has 0 heterocycles. The molecule has 1 atom stereocenters. The standard InChI is InChI=1S/C5H9NO3.S.W/c1-2-4(7)3-9-5(6)8;;/h4,7H,2-3H2,1H3;;. The Balaban J connectivity index is 3.53. The third-order valence-electron chi connectivity index (χ3n) is 0.982. The molecule has 0 saturated heterocycles. The van der Waals surface area contributed by atoms with Gasteiger partial charge < -0.3 is 0 Å². The van der Waals surface area contributed by atoms with Gasteiger partial charge in [-0.2, -0.15) is 0 Å². The summed E-state index contributed by atoms with van der Waals surface area (Å²) in [7, 11) is 4.57. The Kier molecular flexibility index (Phi) is 6.91. The minimum atomic E-state index is -1.24. The summed E-state index contributed by atoms with van der Waals surface area (Å²) in [5.41, 5.74) is 0. The van der Waals surface area contributed by atoms with Gasteiger partial charge in [-0.25, -0.2) is 0 Å². The van der Waals surface area contributed by atoms with Gasteiger partial charge in [0, 0.05) is 0 Å². The van der Waals surface area contributed by atoms with Crippen LogP contribution in [-0.2, 0) is 21.3 Å². The van der Waals surface area contributed by atoms with E-state index in [1.54, 1.807) is 6.92 Å². The first-order valence-corrected chi connectivity index (χ1v) is 8.29. The average Bonchev–Trinajstić information content (AvgIpc) is 2.01. The molecule has 0 aromatic heterocycles. The van der Waals surface area contributed by atoms with Crippen LogP contribution in [0.2, 0.25) is 0 Å². The molecule has 0 bridgehead atoms. The second kappa shape index (κ2) is 6.82. The van der Waals surface area contributed by atoms with Gasteiger partial charge in [0.15, 0.2) is 0 Å². The monoisotopic (exact) mass is 347 g/mol. The fraction of sp³-hybridized carbons (Fsp3) is 0.800. The Labute approximate surface area is 76.8 Å². The second-order valence-electron chi connectivity index (χ2n) is 1.80. The van der Waals surface area contributed by atoms with Crippen molar-refractivity contribution in [2.24, 2.45) is 3.50 Å². The van der Waals surface area contributed by atoms with E-state index in [1.165, 1.54) is 0 Å². The maximum atomic E-state index is 10.5. The quantitative estimate of drug-likeness (QED) is 0.836. The number of nitrogens with zero attached hydrogens (tertiary/aromatic N) is 1. The molecule has 4 nitrogen and oxygen atoms in total. The van der Waals surface area contributed by atoms with Gasteiger partial charge >= 0.3 is 76.7 Å². The van der Waals surface area contributed by atoms with Crippen molar-refractivity contribution in [1.82, 2.24) is 0 Å². The van der Waals surface area contributed by atoms with Crippen LogP contribution in [0.3, 0.4) is 0 Å². The SMILES string of the molecule is CCC(O)COC(=O)[N]=[W]=[S]. The summed E-state index contributed by atoms with van der Waals surface area (Å²) in [4.78, 5) is 10.5. The van der Waals surface area contributed by atoms with E-state index in [2.05, 4.69) is 18.1 Å². The van der Waals surface area contributed by atoms with Crippen molar-refractivity contribution in [3.8, 4) is 0 Å². The number of carbonyl (C=O) groups is 1. The van der Waals surface area contributed by atoms with Gasteiger partial charge in [-0.05, 0) is 0 Å². The van der Waals surface area contributed by atoms with Crippen molar-refractivity contribution in [3.63, 3.8) is 0 Å². The van der Waals surface area contributed by atoms with Crippen molar-refractivity contribution >= 4 is 15.9 Å². The normalized spacial score (nSPS) is 11.8. The molecule has 0 rings (SSSR count). The van der Waals surface area contributed by atoms with Gasteiger partial charge in [0.05, 0.1) is 0 Å². The van der Waals surface area contributed by atoms with Crippen LogP contribution in [0.5, 0.6) is 0 Å². The third-order valence-corrected chi connectivity index (χ3v) is 2.40. The summed E-state index contributed by atoms with van der Waals surface area (Å²) in [6.45, 7) is 1.83. The molecule has 6 heteroatoms. The van der Waals surface area contributed by atoms with Gasteiger partial charge in [-0.1, -0.05) is 0 Å². The van der Waals surface area contributed by atoms with Gasteiger partial charge in [0.25, 0.3) is 0 Å². The number of hydrogen-bond donors (Lipinski definition) is 1. The molecule has 0 aliphatic heterocycles. The summed E-state index contributed by atoms with van der Waals surface area (Å²) in [5, 5.41) is 8.94. The molecule has 0 spiro atoms. The fourth-order valence-electron chi connectivity index (χ4n) is 0.342. The summed E-state index contributed by atoms with van der Waals surface area (Å²) in [5.74, 6) is 0. The van der Waals surface area contributed by atoms with Crippen LogP contribution in [0.1, 0.15) is 13.3 Å². The molecule has 64 valence electrons. The molecule has 0 fully saturated rings. The maximum absolute atomic E-state index is 10.5. The topological polar surface area (TPSA) is 58.9 Å². The van der Waals surface area contributed by atoms with Crippen LogP contribution in [0, 0.1) is 0 Å². The van der Waals surface area contributed by atoms with E-state index in [1.807, 2.05) is 0 Å². The van der Waals surface area contributed by atoms with E-state index >= 15 is 0 Å². The Morgan fingerprint density at radius 3 is 3.00 bits per heavy atom. The van der Waals surface area contributed by atoms with Crippen LogP contribution < -0.4 is 0 Å². The zero-order chi connectivity index (χ0) is 8.69. The first-order valence-electron chi connectivity index (χ1n) is 3.05. The predicted molar refractivity (Wildman–Crippen MR) is 37.7 cm³/mol. The molecule has 1 amide bonds. The van der Waals surface area contributed by atoms with Crippen LogP contribution >= 0.6 is 9.82 Å². The van der Waals surface area contributed by atoms with E-state index < -0.39 is 28.8 Å². The number of hydrogen-bond acceptors (Lipinski definition) is 4. The van der Waals surface area contributed by atoms with E-state index in [4.69, 9.17) is 5.11 Å². The number of ether oxygens (including phenoxy) is 1. The Hall–Kier alpha value is 0.138. The van der Waals surface area contributed by atoms with E-state index in [0.29, 0.717) is 6.42 Å². The molecule has 0 aromatic carbocycles. The fourth-order valence-corrected chi connectivity index (χ4v) is 1.25. The van der Waals surface area contributed by atoms with Crippen molar-refractivity contribution < 1.29 is 31.2 Å². The summed E-state index contributed by atoms with van der Waals surface area (Å²) >= 11 is -1.24. The van der Waals surface area contributed by atoms with Gasteiger partial charge in [-0.15, -0.1) is 0 Å². The molecule has 0 aromatic rings. The van der Waals surface area contributed by atoms with Crippen molar-refractivity contribution in [3.05, 3.63) is 0 Å². The number of rotatable bonds is 3. The van der Waals surface area contributed by atoms with Crippen LogP contribution in [0.25, 0.3) is 0 Å². The van der Waals surface area contributed by atoms with Crippen LogP contribution in [-0.4, -0.2) is 23.9 Å². The van der Waals surface area contributed by atoms with E-state index in [-0.39, 0.29) is 6.61 Å². The van der Waals surface area contributed by atoms with Crippen molar-refractivity contribution in [2.45, 2.75) is 19.4 Å². The van der Waals surface area contributed by atoms with Gasteiger partial charge in [0.2, 0.25) is 0 Å². The van der Waals surface area contributed by atoms with Crippen molar-refractivity contribution in [2.75, 3.05) is 6.61 Å². The van der Waals surface area contributed by atoms with E-state index in [0.717, 1.165) is 0 Å². The molecular formula is C5H9NO3SW. The van der Waals surface area contributed by atoms with E-state index in [9.17, 15) is 4.79 Å². The minimum absolute atomic E-state index is 0.0209. The molecular weight excluding hydrogens is 338 g/mol. The van der Waals surface area contributed by atoms with Gasteiger partial charge in [0.1, 0.15) is 0 Å². The molecule has 11 heavy (non-hydrogen) atoms. The Morgan fingerprint density at radius 1 is 1.91 bits per heavy atom. The molecule has 0 radical (unpaired) electrons. The molecule has 0 aliphatic rings. The summed E-state index contributed by atoms with van der Waals surface area (Å²) in [6, 6.07) is 0. The Morgan fingerprint density at radius 2 is 2.55 bits per heavy atom. The third kappa shape index (κ3) is 6.53. The van der Waals surface area contributed by atoms with Crippen LogP contribution in [0.4, 0.5) is 4.79 Å². The number of amides is 1. The molecule has 1 unspecified atom stereocenters. The number of aliphatic hydroxyl groups excluding tert-OH is 1. The molecule has 1 N–H and O–H groups in total. The van der Waals surface area contributed by atoms with Gasteiger partial charge in [-0.3, -0.25) is 0 Å². The zero-order valence-corrected chi connectivity index (χ0v) is 9.77. The Bertz CT molecular complexity index is 181. The second-order valence-corrected chi connectivity index (χ2v) is 4.22. The zero-order valence-electron chi connectivity index (χ0n) is 6.02. The first-order chi connectivity index (χ1) is 5.20. The molecule has 0 saturated carbocycles. The first kappa shape index (κ1) is 11.1. The average molecular weight is 347 g/mol. The van der Waals surface area contributed by atoms with Crippen molar-refractivity contribution in [1.29, 1.82) is 0 Å². The summed E-state index contributed by atoms with van der Waals surface area (Å²) < 4.78 is 7.99. The predicted octanol–water partition coefficient (Wildman–Crippen LogP) is 1.27. The summed E-state index contributed by atoms with van der Waals surface area (Å²) in [6.07, 6.45) is -0.636. The molecule has 0 aliphatic carbocycles. The number of aliphatic hydroxyl groups is 1.